The fraction of sp³-hybridized carbons (Fsp3) is 0.500. The lowest BCUT2D eigenvalue weighted by Crippen LogP contribution is -2.35. The summed E-state index contributed by atoms with van der Waals surface area (Å²) >= 11 is 0. The van der Waals surface area contributed by atoms with Crippen molar-refractivity contribution in [3.63, 3.8) is 0 Å². The number of carbonyl (C=O) groups excluding carboxylic acids is 1. The number of benzene rings is 1. The van der Waals surface area contributed by atoms with Gasteiger partial charge in [-0.2, -0.15) is 4.31 Å². The van der Waals surface area contributed by atoms with Crippen molar-refractivity contribution in [1.82, 2.24) is 4.31 Å². The highest BCUT2D eigenvalue weighted by Crippen LogP contribution is 2.13. The molecule has 0 aliphatic carbocycles. The first kappa shape index (κ1) is 17.6. The average molecular weight is 315 g/mol. The van der Waals surface area contributed by atoms with E-state index in [2.05, 4.69) is 4.74 Å². The van der Waals surface area contributed by atoms with E-state index in [0.29, 0.717) is 24.1 Å². The number of aliphatic hydroxyl groups is 1. The van der Waals surface area contributed by atoms with E-state index in [-0.39, 0.29) is 18.9 Å². The summed E-state index contributed by atoms with van der Waals surface area (Å²) in [5.74, 6) is -0.715. The minimum Gasteiger partial charge on any atom is -0.465 e. The molecule has 0 unspecified atom stereocenters. The minimum atomic E-state index is -3.53. The topological polar surface area (TPSA) is 83.9 Å². The lowest BCUT2D eigenvalue weighted by Gasteiger charge is -2.20. The quantitative estimate of drug-likeness (QED) is 0.724. The van der Waals surface area contributed by atoms with Crippen LogP contribution in [0.3, 0.4) is 0 Å². The van der Waals surface area contributed by atoms with Crippen LogP contribution in [0.1, 0.15) is 29.3 Å². The van der Waals surface area contributed by atoms with E-state index in [1.807, 2.05) is 6.92 Å². The zero-order valence-electron chi connectivity index (χ0n) is 12.3. The van der Waals surface area contributed by atoms with Crippen molar-refractivity contribution >= 4 is 16.0 Å². The second kappa shape index (κ2) is 8.11. The Kier molecular flexibility index (Phi) is 6.80. The zero-order valence-corrected chi connectivity index (χ0v) is 13.1. The van der Waals surface area contributed by atoms with Gasteiger partial charge in [-0.25, -0.2) is 13.2 Å². The average Bonchev–Trinajstić information content (AvgIpc) is 2.46. The number of esters is 1. The second-order valence-electron chi connectivity index (χ2n) is 4.57. The van der Waals surface area contributed by atoms with Crippen LogP contribution >= 0.6 is 0 Å². The summed E-state index contributed by atoms with van der Waals surface area (Å²) in [5, 5.41) is 8.97. The van der Waals surface area contributed by atoms with Gasteiger partial charge in [0.05, 0.1) is 25.0 Å². The van der Waals surface area contributed by atoms with Gasteiger partial charge in [-0.3, -0.25) is 0 Å². The van der Waals surface area contributed by atoms with Gasteiger partial charge in [0.25, 0.3) is 0 Å². The van der Waals surface area contributed by atoms with Crippen LogP contribution in [0.5, 0.6) is 0 Å². The fourth-order valence-corrected chi connectivity index (χ4v) is 3.56. The largest absolute Gasteiger partial charge is 0.465 e. The van der Waals surface area contributed by atoms with Crippen molar-refractivity contribution in [3.8, 4) is 0 Å². The van der Waals surface area contributed by atoms with E-state index in [1.165, 1.54) is 17.5 Å². The number of hydrogen-bond donors (Lipinski definition) is 1. The fourth-order valence-electron chi connectivity index (χ4n) is 1.96. The molecule has 0 heterocycles. The highest BCUT2D eigenvalue weighted by atomic mass is 32.2. The van der Waals surface area contributed by atoms with Gasteiger partial charge in [-0.05, 0) is 24.1 Å². The number of ether oxygens (including phenoxy) is 1. The minimum absolute atomic E-state index is 0.0763. The second-order valence-corrected chi connectivity index (χ2v) is 6.54. The summed E-state index contributed by atoms with van der Waals surface area (Å²) in [4.78, 5) is 11.5. The first-order valence-electron chi connectivity index (χ1n) is 6.70. The first-order valence-corrected chi connectivity index (χ1v) is 8.31. The van der Waals surface area contributed by atoms with E-state index in [1.54, 1.807) is 18.2 Å². The summed E-state index contributed by atoms with van der Waals surface area (Å²) in [6.45, 7) is 2.09. The molecule has 1 rings (SSSR count). The molecule has 1 aromatic carbocycles. The molecule has 118 valence electrons. The number of sulfonamides is 1. The number of rotatable bonds is 8. The molecule has 6 nitrogen and oxygen atoms in total. The Hall–Kier alpha value is -1.44. The van der Waals surface area contributed by atoms with Gasteiger partial charge in [0.1, 0.15) is 0 Å². The van der Waals surface area contributed by atoms with Crippen LogP contribution < -0.4 is 0 Å². The van der Waals surface area contributed by atoms with Crippen molar-refractivity contribution in [3.05, 3.63) is 35.4 Å². The van der Waals surface area contributed by atoms with Crippen LogP contribution in [0.4, 0.5) is 0 Å². The lowest BCUT2D eigenvalue weighted by atomic mass is 10.1. The zero-order chi connectivity index (χ0) is 15.9. The highest BCUT2D eigenvalue weighted by molar-refractivity contribution is 7.88. The monoisotopic (exact) mass is 315 g/mol. The number of carbonyl (C=O) groups is 1. The summed E-state index contributed by atoms with van der Waals surface area (Å²) in [7, 11) is -2.25. The van der Waals surface area contributed by atoms with E-state index in [4.69, 9.17) is 5.11 Å². The van der Waals surface area contributed by atoms with Gasteiger partial charge in [0, 0.05) is 13.1 Å². The summed E-state index contributed by atoms with van der Waals surface area (Å²) in [6.07, 6.45) is 0.668. The molecule has 0 fully saturated rings. The summed E-state index contributed by atoms with van der Waals surface area (Å²) in [5.41, 5.74) is 0.825. The van der Waals surface area contributed by atoms with E-state index in [9.17, 15) is 13.2 Å². The standard InChI is InChI=1S/C14H21NO5S/c1-3-7-15(8-9-16)21(18,19)11-12-5-4-6-13(10-12)14(17)20-2/h4-6,10,16H,3,7-9,11H2,1-2H3. The Balaban J connectivity index is 2.94. The predicted molar refractivity (Wildman–Crippen MR) is 79.4 cm³/mol. The Morgan fingerprint density at radius 1 is 1.33 bits per heavy atom. The number of nitrogens with zero attached hydrogens (tertiary/aromatic N) is 1. The molecule has 1 aromatic rings. The Morgan fingerprint density at radius 3 is 2.62 bits per heavy atom. The normalized spacial score (nSPS) is 11.6. The van der Waals surface area contributed by atoms with Crippen molar-refractivity contribution in [2.45, 2.75) is 19.1 Å². The third kappa shape index (κ3) is 5.11. The molecule has 0 radical (unpaired) electrons. The van der Waals surface area contributed by atoms with Crippen LogP contribution in [0.2, 0.25) is 0 Å². The third-order valence-corrected chi connectivity index (χ3v) is 4.76. The molecule has 7 heteroatoms. The van der Waals surface area contributed by atoms with Gasteiger partial charge in [0.2, 0.25) is 10.0 Å². The molecule has 0 atom stereocenters. The highest BCUT2D eigenvalue weighted by Gasteiger charge is 2.21. The first-order chi connectivity index (χ1) is 9.94. The van der Waals surface area contributed by atoms with E-state index in [0.717, 1.165) is 0 Å². The molecule has 0 amide bonds. The molecule has 1 N–H and O–H groups in total. The molecular weight excluding hydrogens is 294 g/mol. The number of hydrogen-bond acceptors (Lipinski definition) is 5. The van der Waals surface area contributed by atoms with Crippen LogP contribution in [0, 0.1) is 0 Å². The molecule has 0 aliphatic heterocycles. The van der Waals surface area contributed by atoms with Crippen LogP contribution in [0.25, 0.3) is 0 Å². The predicted octanol–water partition coefficient (Wildman–Crippen LogP) is 1.01. The number of methoxy groups -OCH3 is 1. The summed E-state index contributed by atoms with van der Waals surface area (Å²) < 4.78 is 30.5. The molecule has 0 spiro atoms. The van der Waals surface area contributed by atoms with Crippen molar-refractivity contribution < 1.29 is 23.1 Å². The molecule has 0 bridgehead atoms. The molecule has 0 saturated carbocycles. The maximum Gasteiger partial charge on any atom is 0.337 e. The molecule has 0 aliphatic rings. The van der Waals surface area contributed by atoms with Crippen molar-refractivity contribution in [2.24, 2.45) is 0 Å². The maximum absolute atomic E-state index is 12.3. The molecule has 21 heavy (non-hydrogen) atoms. The van der Waals surface area contributed by atoms with Crippen molar-refractivity contribution in [1.29, 1.82) is 0 Å². The molecule has 0 saturated heterocycles. The molecular formula is C14H21NO5S. The smallest absolute Gasteiger partial charge is 0.337 e. The van der Waals surface area contributed by atoms with Gasteiger partial charge in [0.15, 0.2) is 0 Å². The van der Waals surface area contributed by atoms with Crippen LogP contribution in [0.15, 0.2) is 24.3 Å². The maximum atomic E-state index is 12.3. The summed E-state index contributed by atoms with van der Waals surface area (Å²) in [6, 6.07) is 6.34. The number of aliphatic hydroxyl groups excluding tert-OH is 1. The Morgan fingerprint density at radius 2 is 2.05 bits per heavy atom. The van der Waals surface area contributed by atoms with Gasteiger partial charge >= 0.3 is 5.97 Å². The van der Waals surface area contributed by atoms with Gasteiger partial charge < -0.3 is 9.84 Å². The molecule has 0 aromatic heterocycles. The van der Waals surface area contributed by atoms with Gasteiger partial charge in [-0.15, -0.1) is 0 Å². The van der Waals surface area contributed by atoms with Gasteiger partial charge in [-0.1, -0.05) is 19.1 Å². The van der Waals surface area contributed by atoms with E-state index >= 15 is 0 Å². The Labute approximate surface area is 125 Å². The Bertz CT molecular complexity index is 564. The SMILES string of the molecule is CCCN(CCO)S(=O)(=O)Cc1cccc(C(=O)OC)c1. The van der Waals surface area contributed by atoms with Crippen molar-refractivity contribution in [2.75, 3.05) is 26.8 Å². The van der Waals surface area contributed by atoms with E-state index < -0.39 is 16.0 Å². The third-order valence-electron chi connectivity index (χ3n) is 2.91. The van der Waals surface area contributed by atoms with Crippen LogP contribution in [-0.4, -0.2) is 50.6 Å². The lowest BCUT2D eigenvalue weighted by molar-refractivity contribution is 0.0600. The van der Waals surface area contributed by atoms with Crippen LogP contribution in [-0.2, 0) is 20.5 Å².